The van der Waals surface area contributed by atoms with E-state index in [-0.39, 0.29) is 29.4 Å². The summed E-state index contributed by atoms with van der Waals surface area (Å²) in [6, 6.07) is 0. The minimum atomic E-state index is -1.09. The van der Waals surface area contributed by atoms with E-state index in [0.717, 1.165) is 5.57 Å². The Balaban J connectivity index is 1.99. The van der Waals surface area contributed by atoms with Crippen molar-refractivity contribution in [1.82, 2.24) is 0 Å². The number of rotatable bonds is 3. The number of hydrogen-bond acceptors (Lipinski definition) is 6. The van der Waals surface area contributed by atoms with E-state index in [2.05, 4.69) is 12.7 Å². The maximum atomic E-state index is 12.4. The van der Waals surface area contributed by atoms with Gasteiger partial charge in [-0.1, -0.05) is 24.3 Å². The fourth-order valence-corrected chi connectivity index (χ4v) is 4.67. The summed E-state index contributed by atoms with van der Waals surface area (Å²) in [5.41, 5.74) is 0.396. The van der Waals surface area contributed by atoms with Crippen LogP contribution < -0.4 is 0 Å². The second-order valence-corrected chi connectivity index (χ2v) is 7.71. The topological polar surface area (TPSA) is 93.1 Å². The number of ether oxygens (including phenoxy) is 2. The van der Waals surface area contributed by atoms with Gasteiger partial charge in [-0.3, -0.25) is 0 Å². The Morgan fingerprint density at radius 2 is 2.19 bits per heavy atom. The monoisotopic (exact) mass is 362 g/mol. The first-order valence-corrected chi connectivity index (χ1v) is 8.97. The maximum Gasteiger partial charge on any atom is 0.336 e. The molecule has 2 aliphatic carbocycles. The molecule has 6 nitrogen and oxygen atoms in total. The second-order valence-electron chi connectivity index (χ2n) is 7.71. The molecule has 6 heteroatoms. The van der Waals surface area contributed by atoms with Crippen molar-refractivity contribution in [3.8, 4) is 0 Å². The summed E-state index contributed by atoms with van der Waals surface area (Å²) in [5, 5.41) is 20.4. The van der Waals surface area contributed by atoms with Crippen molar-refractivity contribution in [1.29, 1.82) is 0 Å². The van der Waals surface area contributed by atoms with Crippen LogP contribution in [0.5, 0.6) is 0 Å². The summed E-state index contributed by atoms with van der Waals surface area (Å²) in [5.74, 6) is -1.88. The van der Waals surface area contributed by atoms with Crippen molar-refractivity contribution in [3.63, 3.8) is 0 Å². The molecule has 1 saturated heterocycles. The standard InChI is InChI=1S/C20H26O6/c1-5-12(9-21)19(23)25-14-8-20(4,24)13-7-6-10(2)15(13)17-16(14)11(3)18(22)26-17/h5-6,13-17,21,24H,3,7-9H2,1-2,4H3. The van der Waals surface area contributed by atoms with E-state index in [1.54, 1.807) is 13.8 Å². The minimum absolute atomic E-state index is 0.114. The van der Waals surface area contributed by atoms with Crippen LogP contribution in [-0.2, 0) is 19.1 Å². The Morgan fingerprint density at radius 1 is 1.50 bits per heavy atom. The van der Waals surface area contributed by atoms with Gasteiger partial charge in [-0.15, -0.1) is 0 Å². The molecule has 6 atom stereocenters. The molecule has 2 N–H and O–H groups in total. The number of carbonyl (C=O) groups is 2. The van der Waals surface area contributed by atoms with Gasteiger partial charge in [-0.25, -0.2) is 9.59 Å². The van der Waals surface area contributed by atoms with Crippen LogP contribution >= 0.6 is 0 Å². The van der Waals surface area contributed by atoms with Crippen LogP contribution in [0.1, 0.15) is 33.6 Å². The van der Waals surface area contributed by atoms with E-state index < -0.39 is 42.3 Å². The summed E-state index contributed by atoms with van der Waals surface area (Å²) in [4.78, 5) is 24.6. The third-order valence-corrected chi connectivity index (χ3v) is 6.12. The van der Waals surface area contributed by atoms with Gasteiger partial charge in [0.05, 0.1) is 23.7 Å². The molecule has 0 bridgehead atoms. The van der Waals surface area contributed by atoms with E-state index in [9.17, 15) is 19.8 Å². The fraction of sp³-hybridized carbons (Fsp3) is 0.600. The van der Waals surface area contributed by atoms with Gasteiger partial charge in [0.1, 0.15) is 12.2 Å². The van der Waals surface area contributed by atoms with Gasteiger partial charge >= 0.3 is 11.9 Å². The van der Waals surface area contributed by atoms with Crippen molar-refractivity contribution < 1.29 is 29.3 Å². The highest BCUT2D eigenvalue weighted by Crippen LogP contribution is 2.52. The Bertz CT molecular complexity index is 701. The maximum absolute atomic E-state index is 12.4. The third-order valence-electron chi connectivity index (χ3n) is 6.12. The second kappa shape index (κ2) is 6.67. The first-order chi connectivity index (χ1) is 12.2. The lowest BCUT2D eigenvalue weighted by atomic mass is 9.76. The molecule has 2 fully saturated rings. The lowest BCUT2D eigenvalue weighted by Crippen LogP contribution is -2.40. The zero-order valence-electron chi connectivity index (χ0n) is 15.4. The minimum Gasteiger partial charge on any atom is -0.458 e. The van der Waals surface area contributed by atoms with Crippen molar-refractivity contribution in [2.45, 2.75) is 51.4 Å². The molecule has 1 saturated carbocycles. The number of esters is 2. The predicted octanol–water partition coefficient (Wildman–Crippen LogP) is 1.67. The molecule has 142 valence electrons. The number of carbonyl (C=O) groups excluding carboxylic acids is 2. The van der Waals surface area contributed by atoms with E-state index in [0.29, 0.717) is 6.42 Å². The van der Waals surface area contributed by atoms with Crippen molar-refractivity contribution in [2.75, 3.05) is 6.61 Å². The van der Waals surface area contributed by atoms with E-state index in [1.807, 2.05) is 6.92 Å². The zero-order chi connectivity index (χ0) is 19.2. The molecular weight excluding hydrogens is 336 g/mol. The highest BCUT2D eigenvalue weighted by Gasteiger charge is 2.58. The molecule has 0 radical (unpaired) electrons. The Kier molecular flexibility index (Phi) is 4.84. The van der Waals surface area contributed by atoms with Crippen molar-refractivity contribution in [3.05, 3.63) is 35.5 Å². The highest BCUT2D eigenvalue weighted by atomic mass is 16.6. The summed E-state index contributed by atoms with van der Waals surface area (Å²) in [7, 11) is 0. The number of fused-ring (bicyclic) bond motifs is 3. The molecule has 1 heterocycles. The van der Waals surface area contributed by atoms with Crippen LogP contribution in [0.15, 0.2) is 35.5 Å². The molecule has 26 heavy (non-hydrogen) atoms. The molecule has 0 aromatic carbocycles. The Hall–Kier alpha value is -1.92. The lowest BCUT2D eigenvalue weighted by Gasteiger charge is -2.34. The predicted molar refractivity (Wildman–Crippen MR) is 93.8 cm³/mol. The molecule has 0 spiro atoms. The SMILES string of the molecule is C=C1C(=O)OC2C1C(OC(=O)C(=CC)CO)CC(C)(O)C1CC=C(C)C21. The van der Waals surface area contributed by atoms with Crippen LogP contribution in [0.25, 0.3) is 0 Å². The van der Waals surface area contributed by atoms with Gasteiger partial charge in [0.15, 0.2) is 0 Å². The van der Waals surface area contributed by atoms with E-state index in [4.69, 9.17) is 9.47 Å². The number of aliphatic hydroxyl groups excluding tert-OH is 1. The lowest BCUT2D eigenvalue weighted by molar-refractivity contribution is -0.150. The van der Waals surface area contributed by atoms with Gasteiger partial charge in [0.25, 0.3) is 0 Å². The normalized spacial score (nSPS) is 39.7. The average Bonchev–Trinajstić information content (AvgIpc) is 3.06. The summed E-state index contributed by atoms with van der Waals surface area (Å²) in [6.07, 6.45) is 3.18. The summed E-state index contributed by atoms with van der Waals surface area (Å²) in [6.45, 7) is 8.78. The first kappa shape index (κ1) is 18.9. The van der Waals surface area contributed by atoms with Gasteiger partial charge in [0, 0.05) is 23.8 Å². The van der Waals surface area contributed by atoms with Gasteiger partial charge < -0.3 is 19.7 Å². The van der Waals surface area contributed by atoms with Gasteiger partial charge in [-0.05, 0) is 27.2 Å². The molecule has 0 aromatic heterocycles. The van der Waals surface area contributed by atoms with Crippen LogP contribution in [0, 0.1) is 17.8 Å². The molecule has 0 aromatic rings. The molecule has 0 amide bonds. The summed E-state index contributed by atoms with van der Waals surface area (Å²) < 4.78 is 11.3. The molecule has 6 unspecified atom stereocenters. The molecule has 1 aliphatic heterocycles. The zero-order valence-corrected chi connectivity index (χ0v) is 15.4. The number of allylic oxidation sites excluding steroid dienone is 2. The van der Waals surface area contributed by atoms with Gasteiger partial charge in [0.2, 0.25) is 0 Å². The fourth-order valence-electron chi connectivity index (χ4n) is 4.67. The van der Waals surface area contributed by atoms with Gasteiger partial charge in [-0.2, -0.15) is 0 Å². The molecule has 3 aliphatic rings. The van der Waals surface area contributed by atoms with E-state index in [1.165, 1.54) is 6.08 Å². The van der Waals surface area contributed by atoms with Crippen LogP contribution in [0.3, 0.4) is 0 Å². The average molecular weight is 362 g/mol. The Morgan fingerprint density at radius 3 is 2.81 bits per heavy atom. The highest BCUT2D eigenvalue weighted by molar-refractivity contribution is 5.92. The smallest absolute Gasteiger partial charge is 0.336 e. The summed E-state index contributed by atoms with van der Waals surface area (Å²) >= 11 is 0. The van der Waals surface area contributed by atoms with E-state index >= 15 is 0 Å². The van der Waals surface area contributed by atoms with Crippen LogP contribution in [0.2, 0.25) is 0 Å². The first-order valence-electron chi connectivity index (χ1n) is 8.97. The third kappa shape index (κ3) is 2.91. The number of aliphatic hydroxyl groups is 2. The largest absolute Gasteiger partial charge is 0.458 e. The van der Waals surface area contributed by atoms with Crippen molar-refractivity contribution in [2.24, 2.45) is 17.8 Å². The molecular formula is C20H26O6. The van der Waals surface area contributed by atoms with Crippen molar-refractivity contribution >= 4 is 11.9 Å². The molecule has 3 rings (SSSR count). The number of hydrogen-bond donors (Lipinski definition) is 2. The Labute approximate surface area is 153 Å². The van der Waals surface area contributed by atoms with Crippen LogP contribution in [-0.4, -0.2) is 46.6 Å². The quantitative estimate of drug-likeness (QED) is 0.451. The van der Waals surface area contributed by atoms with Crippen LogP contribution in [0.4, 0.5) is 0 Å².